The quantitative estimate of drug-likeness (QED) is 0.811. The lowest BCUT2D eigenvalue weighted by molar-refractivity contribution is -0.0344. The zero-order chi connectivity index (χ0) is 15.1. The third-order valence-corrected chi connectivity index (χ3v) is 3.97. The van der Waals surface area contributed by atoms with Gasteiger partial charge in [-0.05, 0) is 44.5 Å². The predicted molar refractivity (Wildman–Crippen MR) is 83.9 cm³/mol. The Balaban J connectivity index is 2.03. The molecule has 21 heavy (non-hydrogen) atoms. The number of aliphatic hydroxyl groups is 1. The molecule has 0 aromatic heterocycles. The van der Waals surface area contributed by atoms with Gasteiger partial charge in [-0.15, -0.1) is 0 Å². The molecule has 0 spiro atoms. The summed E-state index contributed by atoms with van der Waals surface area (Å²) in [6, 6.07) is 5.96. The maximum atomic E-state index is 10.5. The molecule has 4 nitrogen and oxygen atoms in total. The highest BCUT2D eigenvalue weighted by molar-refractivity contribution is 5.43. The van der Waals surface area contributed by atoms with Gasteiger partial charge in [0.05, 0.1) is 12.2 Å². The molecular formula is C17H27NO3. The van der Waals surface area contributed by atoms with E-state index in [9.17, 15) is 5.11 Å². The fourth-order valence-corrected chi connectivity index (χ4v) is 2.82. The highest BCUT2D eigenvalue weighted by Crippen LogP contribution is 2.32. The summed E-state index contributed by atoms with van der Waals surface area (Å²) in [6.45, 7) is 3.70. The molecule has 2 rings (SSSR count). The van der Waals surface area contributed by atoms with Crippen LogP contribution in [0.5, 0.6) is 11.5 Å². The van der Waals surface area contributed by atoms with Gasteiger partial charge >= 0.3 is 0 Å². The van der Waals surface area contributed by atoms with E-state index in [0.717, 1.165) is 49.3 Å². The van der Waals surface area contributed by atoms with E-state index in [1.807, 2.05) is 32.2 Å². The summed E-state index contributed by atoms with van der Waals surface area (Å²) in [7, 11) is 1.92. The maximum absolute atomic E-state index is 10.5. The highest BCUT2D eigenvalue weighted by Gasteiger charge is 2.30. The first kappa shape index (κ1) is 16.1. The SMILES string of the molecule is CCOc1cc(CNC)ccc1OCC1(O)CCCCC1. The van der Waals surface area contributed by atoms with Gasteiger partial charge in [0.15, 0.2) is 11.5 Å². The van der Waals surface area contributed by atoms with E-state index in [4.69, 9.17) is 9.47 Å². The zero-order valence-electron chi connectivity index (χ0n) is 13.2. The molecule has 1 aromatic carbocycles. The van der Waals surface area contributed by atoms with Crippen molar-refractivity contribution in [2.45, 2.75) is 51.2 Å². The summed E-state index contributed by atoms with van der Waals surface area (Å²) in [4.78, 5) is 0. The van der Waals surface area contributed by atoms with Crippen molar-refractivity contribution in [2.75, 3.05) is 20.3 Å². The summed E-state index contributed by atoms with van der Waals surface area (Å²) >= 11 is 0. The second kappa shape index (κ2) is 7.66. The molecule has 1 aliphatic rings. The lowest BCUT2D eigenvalue weighted by atomic mass is 9.85. The van der Waals surface area contributed by atoms with Crippen LogP contribution in [0.4, 0.5) is 0 Å². The molecule has 0 bridgehead atoms. The van der Waals surface area contributed by atoms with E-state index < -0.39 is 5.60 Å². The average Bonchev–Trinajstić information content (AvgIpc) is 2.48. The molecule has 0 atom stereocenters. The molecule has 1 aromatic rings. The average molecular weight is 293 g/mol. The fraction of sp³-hybridized carbons (Fsp3) is 0.647. The van der Waals surface area contributed by atoms with Gasteiger partial charge in [0.25, 0.3) is 0 Å². The molecule has 1 aliphatic carbocycles. The highest BCUT2D eigenvalue weighted by atomic mass is 16.5. The van der Waals surface area contributed by atoms with Crippen molar-refractivity contribution in [3.63, 3.8) is 0 Å². The van der Waals surface area contributed by atoms with E-state index in [-0.39, 0.29) is 0 Å². The van der Waals surface area contributed by atoms with Gasteiger partial charge in [-0.2, -0.15) is 0 Å². The van der Waals surface area contributed by atoms with Gasteiger partial charge < -0.3 is 19.9 Å². The summed E-state index contributed by atoms with van der Waals surface area (Å²) < 4.78 is 11.5. The molecule has 0 amide bonds. The Morgan fingerprint density at radius 3 is 2.57 bits per heavy atom. The summed E-state index contributed by atoms with van der Waals surface area (Å²) in [6.07, 6.45) is 5.04. The number of hydrogen-bond donors (Lipinski definition) is 2. The third kappa shape index (κ3) is 4.61. The molecule has 1 fully saturated rings. The van der Waals surface area contributed by atoms with Gasteiger partial charge in [0.2, 0.25) is 0 Å². The predicted octanol–water partition coefficient (Wildman–Crippen LogP) is 2.88. The van der Waals surface area contributed by atoms with Crippen LogP contribution in [0.25, 0.3) is 0 Å². The topological polar surface area (TPSA) is 50.7 Å². The van der Waals surface area contributed by atoms with Crippen molar-refractivity contribution in [3.05, 3.63) is 23.8 Å². The molecule has 0 heterocycles. The number of benzene rings is 1. The lowest BCUT2D eigenvalue weighted by Crippen LogP contribution is -2.37. The Morgan fingerprint density at radius 2 is 1.90 bits per heavy atom. The van der Waals surface area contributed by atoms with Crippen LogP contribution >= 0.6 is 0 Å². The van der Waals surface area contributed by atoms with Gasteiger partial charge in [-0.1, -0.05) is 25.3 Å². The number of hydrogen-bond acceptors (Lipinski definition) is 4. The molecule has 0 radical (unpaired) electrons. The first-order valence-corrected chi connectivity index (χ1v) is 7.92. The van der Waals surface area contributed by atoms with E-state index in [1.54, 1.807) is 0 Å². The molecule has 0 unspecified atom stereocenters. The molecule has 0 aliphatic heterocycles. The van der Waals surface area contributed by atoms with Crippen molar-refractivity contribution >= 4 is 0 Å². The monoisotopic (exact) mass is 293 g/mol. The van der Waals surface area contributed by atoms with E-state index in [1.165, 1.54) is 6.42 Å². The van der Waals surface area contributed by atoms with Crippen molar-refractivity contribution < 1.29 is 14.6 Å². The van der Waals surface area contributed by atoms with Crippen LogP contribution in [-0.4, -0.2) is 31.0 Å². The Bertz CT molecular complexity index is 442. The van der Waals surface area contributed by atoms with Crippen LogP contribution < -0.4 is 14.8 Å². The van der Waals surface area contributed by atoms with Gasteiger partial charge in [0, 0.05) is 6.54 Å². The Morgan fingerprint density at radius 1 is 1.14 bits per heavy atom. The first-order chi connectivity index (χ1) is 10.2. The van der Waals surface area contributed by atoms with E-state index in [0.29, 0.717) is 13.2 Å². The minimum atomic E-state index is -0.675. The summed E-state index contributed by atoms with van der Waals surface area (Å²) in [5.41, 5.74) is 0.482. The van der Waals surface area contributed by atoms with E-state index >= 15 is 0 Å². The third-order valence-electron chi connectivity index (χ3n) is 3.97. The van der Waals surface area contributed by atoms with Crippen LogP contribution in [0.2, 0.25) is 0 Å². The van der Waals surface area contributed by atoms with Crippen molar-refractivity contribution in [1.82, 2.24) is 5.32 Å². The molecule has 1 saturated carbocycles. The summed E-state index contributed by atoms with van der Waals surface area (Å²) in [5.74, 6) is 1.47. The Kier molecular flexibility index (Phi) is 5.88. The normalized spacial score (nSPS) is 17.5. The van der Waals surface area contributed by atoms with Crippen molar-refractivity contribution in [3.8, 4) is 11.5 Å². The van der Waals surface area contributed by atoms with Crippen molar-refractivity contribution in [1.29, 1.82) is 0 Å². The van der Waals surface area contributed by atoms with Crippen LogP contribution in [0, 0.1) is 0 Å². The zero-order valence-corrected chi connectivity index (χ0v) is 13.2. The largest absolute Gasteiger partial charge is 0.490 e. The first-order valence-electron chi connectivity index (χ1n) is 7.92. The van der Waals surface area contributed by atoms with Crippen LogP contribution in [0.3, 0.4) is 0 Å². The smallest absolute Gasteiger partial charge is 0.161 e. The molecule has 118 valence electrons. The van der Waals surface area contributed by atoms with Crippen LogP contribution in [-0.2, 0) is 6.54 Å². The second-order valence-corrected chi connectivity index (χ2v) is 5.82. The fourth-order valence-electron chi connectivity index (χ4n) is 2.82. The summed E-state index contributed by atoms with van der Waals surface area (Å²) in [5, 5.41) is 13.6. The molecule has 4 heteroatoms. The van der Waals surface area contributed by atoms with Crippen LogP contribution in [0.15, 0.2) is 18.2 Å². The molecule has 0 saturated heterocycles. The Labute approximate surface area is 127 Å². The number of nitrogens with one attached hydrogen (secondary N) is 1. The van der Waals surface area contributed by atoms with Crippen LogP contribution in [0.1, 0.15) is 44.6 Å². The van der Waals surface area contributed by atoms with Gasteiger partial charge in [-0.3, -0.25) is 0 Å². The van der Waals surface area contributed by atoms with E-state index in [2.05, 4.69) is 5.32 Å². The molecular weight excluding hydrogens is 266 g/mol. The number of ether oxygens (including phenoxy) is 2. The number of rotatable bonds is 7. The maximum Gasteiger partial charge on any atom is 0.161 e. The lowest BCUT2D eigenvalue weighted by Gasteiger charge is -2.31. The second-order valence-electron chi connectivity index (χ2n) is 5.82. The minimum absolute atomic E-state index is 0.346. The minimum Gasteiger partial charge on any atom is -0.490 e. The van der Waals surface area contributed by atoms with Gasteiger partial charge in [0.1, 0.15) is 6.61 Å². The van der Waals surface area contributed by atoms with Crippen molar-refractivity contribution in [2.24, 2.45) is 0 Å². The van der Waals surface area contributed by atoms with Gasteiger partial charge in [-0.25, -0.2) is 0 Å². The Hall–Kier alpha value is -1.26. The standard InChI is InChI=1S/C17H27NO3/c1-3-20-16-11-14(12-18-2)7-8-15(16)21-13-17(19)9-5-4-6-10-17/h7-8,11,18-19H,3-6,9-10,12-13H2,1-2H3. The molecule has 2 N–H and O–H groups in total.